The summed E-state index contributed by atoms with van der Waals surface area (Å²) >= 11 is 0. The molecule has 19 heavy (non-hydrogen) atoms. The predicted molar refractivity (Wildman–Crippen MR) is 68.4 cm³/mol. The summed E-state index contributed by atoms with van der Waals surface area (Å²) in [4.78, 5) is 3.79. The van der Waals surface area contributed by atoms with Gasteiger partial charge in [0.25, 0.3) is 0 Å². The van der Waals surface area contributed by atoms with E-state index in [9.17, 15) is 9.50 Å². The van der Waals surface area contributed by atoms with Crippen LogP contribution >= 0.6 is 0 Å². The van der Waals surface area contributed by atoms with Crippen LogP contribution in [0.5, 0.6) is 5.75 Å². The quantitative estimate of drug-likeness (QED) is 0.901. The summed E-state index contributed by atoms with van der Waals surface area (Å²) < 4.78 is 18.8. The van der Waals surface area contributed by atoms with Gasteiger partial charge in [-0.25, -0.2) is 4.39 Å². The van der Waals surface area contributed by atoms with Crippen LogP contribution in [0.2, 0.25) is 0 Å². The Morgan fingerprint density at radius 2 is 2.16 bits per heavy atom. The summed E-state index contributed by atoms with van der Waals surface area (Å²) in [6.07, 6.45) is 2.57. The predicted octanol–water partition coefficient (Wildman–Crippen LogP) is 2.82. The van der Waals surface area contributed by atoms with Crippen LogP contribution in [0.3, 0.4) is 0 Å². The normalized spacial score (nSPS) is 19.4. The average Bonchev–Trinajstić information content (AvgIpc) is 2.46. The average molecular weight is 259 g/mol. The van der Waals surface area contributed by atoms with Crippen LogP contribution < -0.4 is 4.74 Å². The molecule has 1 N–H and O–H groups in total. The van der Waals surface area contributed by atoms with Gasteiger partial charge in [0.2, 0.25) is 0 Å². The van der Waals surface area contributed by atoms with E-state index in [1.165, 1.54) is 12.3 Å². The third-order valence-electron chi connectivity index (χ3n) is 3.45. The monoisotopic (exact) mass is 259 g/mol. The van der Waals surface area contributed by atoms with Crippen molar-refractivity contribution in [2.45, 2.75) is 18.4 Å². The van der Waals surface area contributed by atoms with Gasteiger partial charge in [0, 0.05) is 23.2 Å². The zero-order valence-electron chi connectivity index (χ0n) is 10.3. The highest BCUT2D eigenvalue weighted by molar-refractivity contribution is 5.39. The lowest BCUT2D eigenvalue weighted by Crippen LogP contribution is -2.20. The number of aromatic nitrogens is 1. The Bertz CT molecular complexity index is 588. The van der Waals surface area contributed by atoms with Gasteiger partial charge in [0.15, 0.2) is 0 Å². The van der Waals surface area contributed by atoms with E-state index in [1.807, 2.05) is 24.3 Å². The van der Waals surface area contributed by atoms with Crippen LogP contribution in [-0.4, -0.2) is 16.7 Å². The molecular formula is C15H14FNO2. The smallest absolute Gasteiger partial charge is 0.141 e. The molecule has 0 aliphatic carbocycles. The van der Waals surface area contributed by atoms with Crippen molar-refractivity contribution in [1.29, 1.82) is 0 Å². The Morgan fingerprint density at radius 3 is 3.00 bits per heavy atom. The number of hydrogen-bond donors (Lipinski definition) is 1. The summed E-state index contributed by atoms with van der Waals surface area (Å²) in [6.45, 7) is 0.557. The highest BCUT2D eigenvalue weighted by Gasteiger charge is 2.28. The molecule has 2 heterocycles. The minimum Gasteiger partial charge on any atom is -0.493 e. The Kier molecular flexibility index (Phi) is 3.17. The number of ether oxygens (including phenoxy) is 1. The molecule has 1 aliphatic rings. The highest BCUT2D eigenvalue weighted by Crippen LogP contribution is 2.41. The number of fused-ring (bicyclic) bond motifs is 1. The van der Waals surface area contributed by atoms with Gasteiger partial charge < -0.3 is 9.84 Å². The van der Waals surface area contributed by atoms with Crippen LogP contribution in [-0.2, 0) is 0 Å². The largest absolute Gasteiger partial charge is 0.493 e. The topological polar surface area (TPSA) is 42.4 Å². The zero-order valence-corrected chi connectivity index (χ0v) is 10.3. The maximum absolute atomic E-state index is 13.2. The van der Waals surface area contributed by atoms with Crippen molar-refractivity contribution in [2.75, 3.05) is 6.61 Å². The van der Waals surface area contributed by atoms with E-state index in [-0.39, 0.29) is 5.92 Å². The molecule has 3 nitrogen and oxygen atoms in total. The Labute approximate surface area is 110 Å². The molecule has 1 aromatic carbocycles. The Hall–Kier alpha value is -1.94. The molecule has 1 aliphatic heterocycles. The molecule has 0 radical (unpaired) electrons. The molecule has 0 bridgehead atoms. The molecule has 4 heteroatoms. The van der Waals surface area contributed by atoms with Gasteiger partial charge in [-0.15, -0.1) is 0 Å². The Morgan fingerprint density at radius 1 is 1.32 bits per heavy atom. The SMILES string of the molecule is OC(c1cncc(F)c1)C1CCOc2ccccc21. The van der Waals surface area contributed by atoms with Gasteiger partial charge in [-0.05, 0) is 18.6 Å². The van der Waals surface area contributed by atoms with E-state index < -0.39 is 11.9 Å². The second-order valence-electron chi connectivity index (χ2n) is 4.66. The minimum atomic E-state index is -0.770. The molecule has 0 spiro atoms. The number of pyridine rings is 1. The Balaban J connectivity index is 1.95. The number of halogens is 1. The number of aliphatic hydroxyl groups excluding tert-OH is 1. The van der Waals surface area contributed by atoms with Crippen molar-refractivity contribution >= 4 is 0 Å². The molecule has 3 rings (SSSR count). The minimum absolute atomic E-state index is 0.0893. The molecule has 0 saturated carbocycles. The first-order valence-corrected chi connectivity index (χ1v) is 6.26. The zero-order chi connectivity index (χ0) is 13.2. The van der Waals surface area contributed by atoms with Gasteiger partial charge >= 0.3 is 0 Å². The summed E-state index contributed by atoms with van der Waals surface area (Å²) in [5, 5.41) is 10.5. The van der Waals surface area contributed by atoms with E-state index in [4.69, 9.17) is 4.74 Å². The lowest BCUT2D eigenvalue weighted by molar-refractivity contribution is 0.116. The number of aliphatic hydroxyl groups is 1. The van der Waals surface area contributed by atoms with Gasteiger partial charge in [-0.3, -0.25) is 4.98 Å². The van der Waals surface area contributed by atoms with Crippen molar-refractivity contribution in [1.82, 2.24) is 4.98 Å². The van der Waals surface area contributed by atoms with E-state index in [2.05, 4.69) is 4.98 Å². The summed E-state index contributed by atoms with van der Waals surface area (Å²) in [5.41, 5.74) is 1.47. The van der Waals surface area contributed by atoms with Crippen molar-refractivity contribution in [3.63, 3.8) is 0 Å². The first-order chi connectivity index (χ1) is 9.25. The third-order valence-corrected chi connectivity index (χ3v) is 3.45. The molecule has 0 amide bonds. The fourth-order valence-electron chi connectivity index (χ4n) is 2.52. The van der Waals surface area contributed by atoms with E-state index >= 15 is 0 Å². The molecule has 1 aromatic heterocycles. The molecule has 0 saturated heterocycles. The van der Waals surface area contributed by atoms with Crippen molar-refractivity contribution in [3.05, 3.63) is 59.7 Å². The first-order valence-electron chi connectivity index (χ1n) is 6.26. The maximum atomic E-state index is 13.2. The number of nitrogens with zero attached hydrogens (tertiary/aromatic N) is 1. The standard InChI is InChI=1S/C15H14FNO2/c16-11-7-10(8-17-9-11)15(18)13-5-6-19-14-4-2-1-3-12(13)14/h1-4,7-9,13,15,18H,5-6H2. The van der Waals surface area contributed by atoms with Crippen molar-refractivity contribution in [2.24, 2.45) is 0 Å². The van der Waals surface area contributed by atoms with E-state index in [0.29, 0.717) is 18.6 Å². The van der Waals surface area contributed by atoms with Crippen molar-refractivity contribution in [3.8, 4) is 5.75 Å². The van der Waals surface area contributed by atoms with Gasteiger partial charge in [-0.1, -0.05) is 18.2 Å². The van der Waals surface area contributed by atoms with Crippen LogP contribution in [0.1, 0.15) is 29.6 Å². The number of hydrogen-bond acceptors (Lipinski definition) is 3. The third kappa shape index (κ3) is 2.31. The maximum Gasteiger partial charge on any atom is 0.141 e. The van der Waals surface area contributed by atoms with Gasteiger partial charge in [0.05, 0.1) is 18.9 Å². The van der Waals surface area contributed by atoms with Crippen LogP contribution in [0, 0.1) is 5.82 Å². The second-order valence-corrected chi connectivity index (χ2v) is 4.66. The molecular weight excluding hydrogens is 245 g/mol. The van der Waals surface area contributed by atoms with Crippen LogP contribution in [0.15, 0.2) is 42.7 Å². The summed E-state index contributed by atoms with van der Waals surface area (Å²) in [7, 11) is 0. The first kappa shape index (κ1) is 12.1. The number of para-hydroxylation sites is 1. The molecule has 0 fully saturated rings. The number of benzene rings is 1. The van der Waals surface area contributed by atoms with E-state index in [0.717, 1.165) is 17.5 Å². The van der Waals surface area contributed by atoms with Gasteiger partial charge in [-0.2, -0.15) is 0 Å². The fourth-order valence-corrected chi connectivity index (χ4v) is 2.52. The molecule has 2 atom stereocenters. The highest BCUT2D eigenvalue weighted by atomic mass is 19.1. The van der Waals surface area contributed by atoms with Crippen molar-refractivity contribution < 1.29 is 14.2 Å². The fraction of sp³-hybridized carbons (Fsp3) is 0.267. The molecule has 2 aromatic rings. The summed E-state index contributed by atoms with van der Waals surface area (Å²) in [5.74, 6) is 0.271. The summed E-state index contributed by atoms with van der Waals surface area (Å²) in [6, 6.07) is 8.97. The number of rotatable bonds is 2. The molecule has 98 valence electrons. The van der Waals surface area contributed by atoms with Gasteiger partial charge in [0.1, 0.15) is 11.6 Å². The lowest BCUT2D eigenvalue weighted by atomic mass is 9.85. The molecule has 2 unspecified atom stereocenters. The lowest BCUT2D eigenvalue weighted by Gasteiger charge is -2.29. The second kappa shape index (κ2) is 4.97. The van der Waals surface area contributed by atoms with E-state index in [1.54, 1.807) is 0 Å². The van der Waals surface area contributed by atoms with Crippen LogP contribution in [0.4, 0.5) is 4.39 Å². The van der Waals surface area contributed by atoms with Crippen LogP contribution in [0.25, 0.3) is 0 Å².